The Kier molecular flexibility index (Phi) is 3.50. The molecular weight excluding hydrogens is 394 g/mol. The van der Waals surface area contributed by atoms with Crippen LogP contribution < -0.4 is 0 Å². The van der Waals surface area contributed by atoms with Crippen LogP contribution in [0.15, 0.2) is 24.3 Å². The second-order valence-corrected chi connectivity index (χ2v) is 8.62. The zero-order chi connectivity index (χ0) is 20.4. The van der Waals surface area contributed by atoms with Crippen molar-refractivity contribution in [3.8, 4) is 17.1 Å². The predicted molar refractivity (Wildman–Crippen MR) is 114 cm³/mol. The van der Waals surface area contributed by atoms with Crippen molar-refractivity contribution < 1.29 is 0 Å². The minimum absolute atomic E-state index is 0.497. The van der Waals surface area contributed by atoms with Gasteiger partial charge >= 0.3 is 0 Å². The fraction of sp³-hybridized carbons (Fsp3) is 0.227. The molecular formula is C22H15N7S. The smallest absolute Gasteiger partial charge is 0.189 e. The van der Waals surface area contributed by atoms with Crippen LogP contribution in [0.25, 0.3) is 32.8 Å². The van der Waals surface area contributed by atoms with Crippen LogP contribution >= 0.6 is 11.3 Å². The normalized spacial score (nSPS) is 13.6. The molecule has 7 nitrogen and oxygen atoms in total. The van der Waals surface area contributed by atoms with Gasteiger partial charge in [-0.15, -0.1) is 26.3 Å². The van der Waals surface area contributed by atoms with Gasteiger partial charge in [0.25, 0.3) is 0 Å². The first-order valence-electron chi connectivity index (χ1n) is 9.83. The third-order valence-electron chi connectivity index (χ3n) is 5.88. The maximum Gasteiger partial charge on any atom is 0.189 e. The summed E-state index contributed by atoms with van der Waals surface area (Å²) >= 11 is 1.61. The number of pyridine rings is 1. The van der Waals surface area contributed by atoms with Gasteiger partial charge in [-0.2, -0.15) is 10.5 Å². The Morgan fingerprint density at radius 3 is 2.63 bits per heavy atom. The molecule has 0 saturated heterocycles. The number of hydrogen-bond donors (Lipinski definition) is 0. The predicted octanol–water partition coefficient (Wildman–Crippen LogP) is 4.21. The van der Waals surface area contributed by atoms with Gasteiger partial charge in [0.05, 0.1) is 16.6 Å². The van der Waals surface area contributed by atoms with E-state index < -0.39 is 0 Å². The molecule has 0 unspecified atom stereocenters. The first-order valence-corrected chi connectivity index (χ1v) is 10.6. The van der Waals surface area contributed by atoms with E-state index in [2.05, 4.69) is 17.1 Å². The van der Waals surface area contributed by atoms with E-state index in [1.165, 1.54) is 4.88 Å². The minimum atomic E-state index is 0.497. The van der Waals surface area contributed by atoms with E-state index in [0.717, 1.165) is 52.8 Å². The van der Waals surface area contributed by atoms with Crippen LogP contribution in [0.3, 0.4) is 0 Å². The van der Waals surface area contributed by atoms with Crippen molar-refractivity contribution in [1.29, 1.82) is 10.5 Å². The van der Waals surface area contributed by atoms with Crippen LogP contribution in [0, 0.1) is 29.6 Å². The van der Waals surface area contributed by atoms with Crippen molar-refractivity contribution in [2.24, 2.45) is 0 Å². The van der Waals surface area contributed by atoms with Gasteiger partial charge in [-0.25, -0.2) is 4.98 Å². The number of nitriles is 2. The number of imidazole rings is 1. The maximum absolute atomic E-state index is 9.85. The van der Waals surface area contributed by atoms with Crippen LogP contribution in [-0.2, 0) is 12.8 Å². The van der Waals surface area contributed by atoms with Crippen LogP contribution in [0.4, 0.5) is 0 Å². The highest BCUT2D eigenvalue weighted by Crippen LogP contribution is 2.36. The molecule has 0 N–H and O–H groups in total. The Labute approximate surface area is 175 Å². The number of hydrogen-bond acceptors (Lipinski definition) is 6. The van der Waals surface area contributed by atoms with E-state index in [9.17, 15) is 10.5 Å². The molecule has 8 heteroatoms. The fourth-order valence-corrected chi connectivity index (χ4v) is 5.66. The summed E-state index contributed by atoms with van der Waals surface area (Å²) in [6.07, 6.45) is 4.20. The molecule has 0 saturated carbocycles. The molecule has 0 bridgehead atoms. The molecule has 0 atom stereocenters. The molecule has 0 fully saturated rings. The molecule has 0 aliphatic heterocycles. The zero-order valence-corrected chi connectivity index (χ0v) is 17.0. The molecule has 1 aliphatic carbocycles. The second-order valence-electron chi connectivity index (χ2n) is 7.54. The molecule has 5 aromatic rings. The van der Waals surface area contributed by atoms with E-state index in [4.69, 9.17) is 10.2 Å². The van der Waals surface area contributed by atoms with Crippen LogP contribution in [0.5, 0.6) is 0 Å². The van der Waals surface area contributed by atoms with Gasteiger partial charge in [0.1, 0.15) is 23.2 Å². The number of benzene rings is 1. The summed E-state index contributed by atoms with van der Waals surface area (Å²) < 4.78 is 1.90. The van der Waals surface area contributed by atoms with Gasteiger partial charge in [-0.1, -0.05) is 12.1 Å². The number of thiophene rings is 1. The summed E-state index contributed by atoms with van der Waals surface area (Å²) in [5, 5.41) is 30.0. The van der Waals surface area contributed by atoms with Crippen molar-refractivity contribution in [2.45, 2.75) is 32.6 Å². The molecule has 144 valence electrons. The highest BCUT2D eigenvalue weighted by atomic mass is 32.1. The average Bonchev–Trinajstić information content (AvgIpc) is 3.46. The largest absolute Gasteiger partial charge is 0.272 e. The number of aromatic nitrogens is 5. The molecule has 4 heterocycles. The molecule has 1 aromatic carbocycles. The minimum Gasteiger partial charge on any atom is -0.272 e. The second kappa shape index (κ2) is 6.12. The number of aryl methyl sites for hydroxylation is 2. The van der Waals surface area contributed by atoms with Gasteiger partial charge < -0.3 is 0 Å². The van der Waals surface area contributed by atoms with E-state index in [-0.39, 0.29) is 0 Å². The summed E-state index contributed by atoms with van der Waals surface area (Å²) in [6, 6.07) is 12.4. The lowest BCUT2D eigenvalue weighted by atomic mass is 9.96. The molecule has 1 aliphatic rings. The lowest BCUT2D eigenvalue weighted by Crippen LogP contribution is -2.01. The molecule has 0 radical (unpaired) electrons. The van der Waals surface area contributed by atoms with Crippen molar-refractivity contribution in [3.05, 3.63) is 51.4 Å². The van der Waals surface area contributed by atoms with Crippen LogP contribution in [0.2, 0.25) is 0 Å². The summed E-state index contributed by atoms with van der Waals surface area (Å²) in [5.41, 5.74) is 6.65. The lowest BCUT2D eigenvalue weighted by Gasteiger charge is -2.09. The Morgan fingerprint density at radius 2 is 1.80 bits per heavy atom. The zero-order valence-electron chi connectivity index (χ0n) is 16.2. The quantitative estimate of drug-likeness (QED) is 0.413. The SMILES string of the molecule is Cc1c(C#N)c2nc3ccccc3n2c2nn(-c3sc4c(c3C#N)CCCC4)nc12. The molecule has 4 aromatic heterocycles. The van der Waals surface area contributed by atoms with E-state index in [1.807, 2.05) is 35.6 Å². The van der Waals surface area contributed by atoms with Crippen molar-refractivity contribution in [1.82, 2.24) is 24.4 Å². The lowest BCUT2D eigenvalue weighted by molar-refractivity contribution is 0.695. The average molecular weight is 409 g/mol. The highest BCUT2D eigenvalue weighted by Gasteiger charge is 2.25. The molecule has 0 spiro atoms. The van der Waals surface area contributed by atoms with Gasteiger partial charge in [0.2, 0.25) is 0 Å². The number of para-hydroxylation sites is 2. The maximum atomic E-state index is 9.85. The van der Waals surface area contributed by atoms with Crippen molar-refractivity contribution in [3.63, 3.8) is 0 Å². The first kappa shape index (κ1) is 17.1. The van der Waals surface area contributed by atoms with Crippen molar-refractivity contribution in [2.75, 3.05) is 0 Å². The fourth-order valence-electron chi connectivity index (χ4n) is 4.42. The first-order chi connectivity index (χ1) is 14.7. The van der Waals surface area contributed by atoms with Crippen molar-refractivity contribution >= 4 is 39.2 Å². The van der Waals surface area contributed by atoms with Gasteiger partial charge in [0, 0.05) is 10.4 Å². The number of fused-ring (bicyclic) bond motifs is 6. The number of rotatable bonds is 1. The topological polar surface area (TPSA) is 95.6 Å². The standard InChI is InChI=1S/C22H15N7S/c1-12-14(10-23)20-25-16-7-3-4-8-17(16)28(20)21-19(12)26-29(27-21)22-15(11-24)13-6-2-5-9-18(13)30-22/h3-4,7-8H,2,5-6,9H2,1H3. The van der Waals surface area contributed by atoms with E-state index in [0.29, 0.717) is 27.9 Å². The molecule has 6 rings (SSSR count). The van der Waals surface area contributed by atoms with E-state index >= 15 is 0 Å². The summed E-state index contributed by atoms with van der Waals surface area (Å²) in [6.45, 7) is 1.88. The molecule has 0 amide bonds. The Balaban J connectivity index is 1.73. The third-order valence-corrected chi connectivity index (χ3v) is 7.14. The Hall–Kier alpha value is -3.75. The number of nitrogens with zero attached hydrogens (tertiary/aromatic N) is 7. The molecule has 30 heavy (non-hydrogen) atoms. The van der Waals surface area contributed by atoms with Gasteiger partial charge in [0.15, 0.2) is 16.3 Å². The van der Waals surface area contributed by atoms with Crippen LogP contribution in [-0.4, -0.2) is 24.4 Å². The monoisotopic (exact) mass is 409 g/mol. The van der Waals surface area contributed by atoms with E-state index in [1.54, 1.807) is 16.1 Å². The summed E-state index contributed by atoms with van der Waals surface area (Å²) in [5.74, 6) is 0. The summed E-state index contributed by atoms with van der Waals surface area (Å²) in [4.78, 5) is 7.52. The highest BCUT2D eigenvalue weighted by molar-refractivity contribution is 7.15. The summed E-state index contributed by atoms with van der Waals surface area (Å²) in [7, 11) is 0. The van der Waals surface area contributed by atoms with Gasteiger partial charge in [-0.3, -0.25) is 4.40 Å². The Morgan fingerprint density at radius 1 is 1.00 bits per heavy atom. The van der Waals surface area contributed by atoms with Gasteiger partial charge in [-0.05, 0) is 50.3 Å². The Bertz CT molecular complexity index is 1590. The van der Waals surface area contributed by atoms with Crippen LogP contribution in [0.1, 0.15) is 40.0 Å². The third kappa shape index (κ3) is 2.14.